The van der Waals surface area contributed by atoms with E-state index in [0.29, 0.717) is 0 Å². The Hall–Kier alpha value is -5.10. The van der Waals surface area contributed by atoms with Gasteiger partial charge in [0.25, 0.3) is 5.82 Å². The van der Waals surface area contributed by atoms with Crippen LogP contribution in [0, 0.1) is 0 Å². The van der Waals surface area contributed by atoms with E-state index in [1.807, 2.05) is 6.34 Å². The fraction of sp³-hybridized carbons (Fsp3) is 0.0909. The first-order valence-corrected chi connectivity index (χ1v) is 13.3. The van der Waals surface area contributed by atoms with E-state index in [0.717, 1.165) is 34.4 Å². The Bertz CT molecular complexity index is 1960. The van der Waals surface area contributed by atoms with Crippen molar-refractivity contribution >= 4 is 29.2 Å². The Kier molecular flexibility index (Phi) is 3.31. The SMILES string of the molecule is CN1N=CN2c3cccc4c3C3(c5c(cccc5N5c6ccccc6-c6ccccc6-c6ccc[n+]3c65)O4)C12. The van der Waals surface area contributed by atoms with Crippen LogP contribution in [0.2, 0.25) is 0 Å². The van der Waals surface area contributed by atoms with Gasteiger partial charge in [-0.15, -0.1) is 0 Å². The summed E-state index contributed by atoms with van der Waals surface area (Å²) in [6.07, 6.45) is 4.14. The van der Waals surface area contributed by atoms with E-state index in [1.54, 1.807) is 0 Å². The van der Waals surface area contributed by atoms with Crippen LogP contribution in [0.5, 0.6) is 11.5 Å². The molecule has 6 heterocycles. The molecule has 39 heavy (non-hydrogen) atoms. The van der Waals surface area contributed by atoms with Crippen molar-refractivity contribution in [3.63, 3.8) is 0 Å². The van der Waals surface area contributed by atoms with Gasteiger partial charge in [0.1, 0.15) is 29.2 Å². The smallest absolute Gasteiger partial charge is 0.296 e. The molecule has 0 aliphatic carbocycles. The van der Waals surface area contributed by atoms with Gasteiger partial charge < -0.3 is 9.64 Å². The average molecular weight is 505 g/mol. The topological polar surface area (TPSA) is 35.2 Å². The molecule has 2 unspecified atom stereocenters. The molecule has 2 atom stereocenters. The van der Waals surface area contributed by atoms with Gasteiger partial charge in [-0.2, -0.15) is 10.0 Å². The lowest BCUT2D eigenvalue weighted by Gasteiger charge is -2.45. The Balaban J connectivity index is 1.45. The number of nitrogens with zero attached hydrogens (tertiary/aromatic N) is 5. The fourth-order valence-corrected chi connectivity index (χ4v) is 7.78. The van der Waals surface area contributed by atoms with Gasteiger partial charge in [-0.25, -0.2) is 4.57 Å². The molecule has 5 aromatic rings. The number of rotatable bonds is 0. The van der Waals surface area contributed by atoms with Crippen molar-refractivity contribution in [2.24, 2.45) is 5.10 Å². The minimum Gasteiger partial charge on any atom is -0.456 e. The van der Waals surface area contributed by atoms with Gasteiger partial charge in [0.05, 0.1) is 28.6 Å². The van der Waals surface area contributed by atoms with Crippen molar-refractivity contribution in [2.75, 3.05) is 16.8 Å². The zero-order valence-corrected chi connectivity index (χ0v) is 21.1. The first-order valence-electron chi connectivity index (χ1n) is 13.3. The van der Waals surface area contributed by atoms with Crippen LogP contribution in [0.3, 0.4) is 0 Å². The van der Waals surface area contributed by atoms with Gasteiger partial charge >= 0.3 is 0 Å². The van der Waals surface area contributed by atoms with Crippen molar-refractivity contribution in [3.05, 3.63) is 114 Å². The predicted octanol–water partition coefficient (Wildman–Crippen LogP) is 6.34. The Morgan fingerprint density at radius 2 is 1.33 bits per heavy atom. The molecule has 184 valence electrons. The van der Waals surface area contributed by atoms with Crippen LogP contribution in [0.1, 0.15) is 11.1 Å². The zero-order chi connectivity index (χ0) is 25.5. The lowest BCUT2D eigenvalue weighted by Crippen LogP contribution is -2.70. The highest BCUT2D eigenvalue weighted by molar-refractivity contribution is 6.02. The first-order chi connectivity index (χ1) is 19.3. The van der Waals surface area contributed by atoms with Crippen LogP contribution in [0.25, 0.3) is 22.3 Å². The van der Waals surface area contributed by atoms with Gasteiger partial charge in [-0.1, -0.05) is 54.6 Å². The first kappa shape index (κ1) is 19.9. The number of likely N-dealkylation sites (N-methyl/N-ethyl adjacent to an activating group) is 1. The van der Waals surface area contributed by atoms with Crippen LogP contribution in [0.4, 0.5) is 22.9 Å². The summed E-state index contributed by atoms with van der Waals surface area (Å²) in [5.41, 5.74) is 10.1. The summed E-state index contributed by atoms with van der Waals surface area (Å²) < 4.78 is 9.23. The molecule has 0 fully saturated rings. The number of pyridine rings is 1. The number of aromatic nitrogens is 1. The lowest BCUT2D eigenvalue weighted by atomic mass is 9.76. The minimum atomic E-state index is -0.572. The van der Waals surface area contributed by atoms with E-state index in [-0.39, 0.29) is 6.17 Å². The van der Waals surface area contributed by atoms with Crippen LogP contribution in [-0.2, 0) is 5.54 Å². The van der Waals surface area contributed by atoms with E-state index in [4.69, 9.17) is 9.84 Å². The molecular weight excluding hydrogens is 482 g/mol. The molecule has 0 radical (unpaired) electrons. The third-order valence-corrected chi connectivity index (χ3v) is 9.07. The van der Waals surface area contributed by atoms with Crippen LogP contribution < -0.4 is 19.1 Å². The monoisotopic (exact) mass is 504 g/mol. The third-order valence-electron chi connectivity index (χ3n) is 9.07. The molecule has 0 saturated carbocycles. The van der Waals surface area contributed by atoms with E-state index >= 15 is 0 Å². The summed E-state index contributed by atoms with van der Waals surface area (Å²) in [6, 6.07) is 34.9. The number of hydrogen-bond donors (Lipinski definition) is 0. The van der Waals surface area contributed by atoms with Crippen molar-refractivity contribution in [2.45, 2.75) is 11.7 Å². The molecule has 0 saturated heterocycles. The summed E-state index contributed by atoms with van der Waals surface area (Å²) in [5.74, 6) is 2.95. The van der Waals surface area contributed by atoms with E-state index < -0.39 is 5.54 Å². The number of hydrazone groups is 1. The Morgan fingerprint density at radius 3 is 2.15 bits per heavy atom. The molecule has 10 rings (SSSR count). The van der Waals surface area contributed by atoms with Gasteiger partial charge in [-0.3, -0.25) is 5.01 Å². The molecule has 0 amide bonds. The quantitative estimate of drug-likeness (QED) is 0.226. The maximum Gasteiger partial charge on any atom is 0.296 e. The Morgan fingerprint density at radius 1 is 0.692 bits per heavy atom. The fourth-order valence-electron chi connectivity index (χ4n) is 7.78. The van der Waals surface area contributed by atoms with Gasteiger partial charge in [0.2, 0.25) is 5.54 Å². The van der Waals surface area contributed by atoms with E-state index in [1.165, 1.54) is 33.4 Å². The van der Waals surface area contributed by atoms with Crippen molar-refractivity contribution < 1.29 is 9.30 Å². The molecule has 6 nitrogen and oxygen atoms in total. The molecule has 4 aromatic carbocycles. The van der Waals surface area contributed by atoms with E-state index in [2.05, 4.69) is 130 Å². The van der Waals surface area contributed by atoms with E-state index in [9.17, 15) is 0 Å². The summed E-state index contributed by atoms with van der Waals surface area (Å²) in [5, 5.41) is 6.90. The molecule has 1 spiro atoms. The average Bonchev–Trinajstić information content (AvgIpc) is 3.47. The largest absolute Gasteiger partial charge is 0.456 e. The number of para-hydroxylation sites is 1. The van der Waals surface area contributed by atoms with Gasteiger partial charge in [0.15, 0.2) is 6.17 Å². The number of hydrogen-bond acceptors (Lipinski definition) is 5. The Labute approximate surface area is 225 Å². The lowest BCUT2D eigenvalue weighted by molar-refractivity contribution is -0.737. The second-order valence-electron chi connectivity index (χ2n) is 10.8. The summed E-state index contributed by atoms with van der Waals surface area (Å²) >= 11 is 0. The summed E-state index contributed by atoms with van der Waals surface area (Å²) in [4.78, 5) is 4.76. The number of ether oxygens (including phenoxy) is 1. The summed E-state index contributed by atoms with van der Waals surface area (Å²) in [7, 11) is 2.08. The number of anilines is 4. The van der Waals surface area contributed by atoms with Crippen molar-refractivity contribution in [1.82, 2.24) is 5.01 Å². The maximum absolute atomic E-state index is 6.72. The van der Waals surface area contributed by atoms with Crippen LogP contribution in [0.15, 0.2) is 108 Å². The highest BCUT2D eigenvalue weighted by Gasteiger charge is 2.69. The molecule has 0 N–H and O–H groups in total. The second kappa shape index (κ2) is 6.48. The highest BCUT2D eigenvalue weighted by Crippen LogP contribution is 2.64. The van der Waals surface area contributed by atoms with Gasteiger partial charge in [-0.05, 0) is 53.6 Å². The molecule has 5 aliphatic heterocycles. The third kappa shape index (κ3) is 2.05. The number of fused-ring (bicyclic) bond motifs is 8. The molecule has 1 aromatic heterocycles. The normalized spacial score (nSPS) is 21.3. The molecule has 6 heteroatoms. The van der Waals surface area contributed by atoms with Crippen LogP contribution >= 0.6 is 0 Å². The predicted molar refractivity (Wildman–Crippen MR) is 151 cm³/mol. The number of benzene rings is 4. The molecule has 0 bridgehead atoms. The second-order valence-corrected chi connectivity index (χ2v) is 10.8. The highest BCUT2D eigenvalue weighted by atomic mass is 16.5. The van der Waals surface area contributed by atoms with Crippen molar-refractivity contribution in [3.8, 4) is 33.8 Å². The van der Waals surface area contributed by atoms with Crippen molar-refractivity contribution in [1.29, 1.82) is 0 Å². The minimum absolute atomic E-state index is 0.0789. The zero-order valence-electron chi connectivity index (χ0n) is 21.1. The maximum atomic E-state index is 6.72. The standard InChI is InChI=1S/C33H22N5O/c1-35-32-33-29-25(36(32)19-34-35)14-6-16-27(29)39-28-17-7-15-26(30(28)33)38-24-13-5-4-11-22(24)20-9-2-3-10-21(20)23-12-8-18-37(33)31(23)38/h2-19,32H,1H3/q+1. The molecule has 5 aliphatic rings. The van der Waals surface area contributed by atoms with Gasteiger partial charge in [0, 0.05) is 12.6 Å². The summed E-state index contributed by atoms with van der Waals surface area (Å²) in [6.45, 7) is 0. The van der Waals surface area contributed by atoms with Crippen LogP contribution in [-0.4, -0.2) is 24.6 Å². The molecular formula is C33H22N5O+.